The molecule has 1 N–H and O–H groups in total. The molecule has 1 atom stereocenters. The summed E-state index contributed by atoms with van der Waals surface area (Å²) in [5.41, 5.74) is 1.26. The van der Waals surface area contributed by atoms with E-state index in [1.807, 2.05) is 26.0 Å². The summed E-state index contributed by atoms with van der Waals surface area (Å²) in [7, 11) is 0. The Hall–Kier alpha value is -0.540. The van der Waals surface area contributed by atoms with Gasteiger partial charge in [0.05, 0.1) is 6.10 Å². The Morgan fingerprint density at radius 2 is 2.00 bits per heavy atom. The third-order valence-electron chi connectivity index (χ3n) is 2.32. The van der Waals surface area contributed by atoms with E-state index in [2.05, 4.69) is 41.2 Å². The molecule has 0 amide bonds. The molecule has 0 saturated heterocycles. The maximum absolute atomic E-state index is 5.64. The zero-order valence-corrected chi connectivity index (χ0v) is 12.0. The molecule has 2 nitrogen and oxygen atoms in total. The van der Waals surface area contributed by atoms with Gasteiger partial charge in [0.2, 0.25) is 0 Å². The van der Waals surface area contributed by atoms with Gasteiger partial charge in [-0.05, 0) is 45.0 Å². The Kier molecular flexibility index (Phi) is 5.29. The number of hydrogen-bond donors (Lipinski definition) is 1. The molecule has 0 aliphatic heterocycles. The second-order valence-corrected chi connectivity index (χ2v) is 4.98. The SMILES string of the molecule is CCNC(C)c1ccc(OC(C)C)cc1Br. The number of ether oxygens (including phenoxy) is 1. The van der Waals surface area contributed by atoms with Crippen molar-refractivity contribution in [2.75, 3.05) is 6.54 Å². The highest BCUT2D eigenvalue weighted by atomic mass is 79.9. The zero-order valence-electron chi connectivity index (χ0n) is 10.4. The zero-order chi connectivity index (χ0) is 12.1. The first-order valence-corrected chi connectivity index (χ1v) is 6.53. The van der Waals surface area contributed by atoms with Crippen LogP contribution in [-0.4, -0.2) is 12.6 Å². The van der Waals surface area contributed by atoms with Gasteiger partial charge in [-0.2, -0.15) is 0 Å². The van der Waals surface area contributed by atoms with Crippen LogP contribution in [0.1, 0.15) is 39.3 Å². The van der Waals surface area contributed by atoms with Crippen LogP contribution in [0.2, 0.25) is 0 Å². The molecule has 0 saturated carbocycles. The van der Waals surface area contributed by atoms with Crippen LogP contribution in [0, 0.1) is 0 Å². The minimum atomic E-state index is 0.212. The smallest absolute Gasteiger partial charge is 0.120 e. The van der Waals surface area contributed by atoms with Crippen LogP contribution >= 0.6 is 15.9 Å². The molecule has 16 heavy (non-hydrogen) atoms. The van der Waals surface area contributed by atoms with Crippen LogP contribution in [0.3, 0.4) is 0 Å². The summed E-state index contributed by atoms with van der Waals surface area (Å²) in [6.45, 7) is 9.30. The molecule has 0 aliphatic rings. The number of benzene rings is 1. The molecule has 0 radical (unpaired) electrons. The van der Waals surface area contributed by atoms with Crippen LogP contribution in [0.25, 0.3) is 0 Å². The summed E-state index contributed by atoms with van der Waals surface area (Å²) in [4.78, 5) is 0. The number of hydrogen-bond acceptors (Lipinski definition) is 2. The van der Waals surface area contributed by atoms with Gasteiger partial charge in [-0.1, -0.05) is 28.9 Å². The lowest BCUT2D eigenvalue weighted by Crippen LogP contribution is -2.18. The monoisotopic (exact) mass is 285 g/mol. The van der Waals surface area contributed by atoms with Gasteiger partial charge in [0.1, 0.15) is 5.75 Å². The van der Waals surface area contributed by atoms with Crippen molar-refractivity contribution in [2.45, 2.75) is 39.8 Å². The molecule has 0 aromatic heterocycles. The van der Waals surface area contributed by atoms with Crippen LogP contribution < -0.4 is 10.1 Å². The van der Waals surface area contributed by atoms with Crippen molar-refractivity contribution in [3.8, 4) is 5.75 Å². The van der Waals surface area contributed by atoms with Crippen molar-refractivity contribution < 1.29 is 4.74 Å². The molecule has 0 fully saturated rings. The first-order valence-electron chi connectivity index (χ1n) is 5.74. The molecular formula is C13H20BrNO. The van der Waals surface area contributed by atoms with Crippen molar-refractivity contribution in [2.24, 2.45) is 0 Å². The van der Waals surface area contributed by atoms with Gasteiger partial charge < -0.3 is 10.1 Å². The van der Waals surface area contributed by atoms with E-state index in [-0.39, 0.29) is 6.10 Å². The molecular weight excluding hydrogens is 266 g/mol. The summed E-state index contributed by atoms with van der Waals surface area (Å²) < 4.78 is 6.74. The maximum Gasteiger partial charge on any atom is 0.120 e. The lowest BCUT2D eigenvalue weighted by atomic mass is 10.1. The second-order valence-electron chi connectivity index (χ2n) is 4.13. The van der Waals surface area contributed by atoms with Crippen molar-refractivity contribution in [1.82, 2.24) is 5.32 Å². The number of rotatable bonds is 5. The fourth-order valence-corrected chi connectivity index (χ4v) is 2.32. The Balaban J connectivity index is 2.82. The van der Waals surface area contributed by atoms with Gasteiger partial charge in [-0.15, -0.1) is 0 Å². The summed E-state index contributed by atoms with van der Waals surface area (Å²) in [5.74, 6) is 0.911. The summed E-state index contributed by atoms with van der Waals surface area (Å²) >= 11 is 3.59. The quantitative estimate of drug-likeness (QED) is 0.886. The fraction of sp³-hybridized carbons (Fsp3) is 0.538. The molecule has 1 aromatic rings. The number of nitrogens with one attached hydrogen (secondary N) is 1. The number of halogens is 1. The minimum absolute atomic E-state index is 0.212. The highest BCUT2D eigenvalue weighted by Gasteiger charge is 2.09. The van der Waals surface area contributed by atoms with Crippen molar-refractivity contribution in [3.05, 3.63) is 28.2 Å². The molecule has 0 heterocycles. The van der Waals surface area contributed by atoms with E-state index in [1.54, 1.807) is 0 Å². The van der Waals surface area contributed by atoms with E-state index < -0.39 is 0 Å². The van der Waals surface area contributed by atoms with Crippen LogP contribution in [-0.2, 0) is 0 Å². The minimum Gasteiger partial charge on any atom is -0.491 e. The molecule has 90 valence electrons. The Morgan fingerprint density at radius 1 is 1.31 bits per heavy atom. The maximum atomic E-state index is 5.64. The highest BCUT2D eigenvalue weighted by Crippen LogP contribution is 2.28. The highest BCUT2D eigenvalue weighted by molar-refractivity contribution is 9.10. The fourth-order valence-electron chi connectivity index (χ4n) is 1.62. The van der Waals surface area contributed by atoms with E-state index in [0.717, 1.165) is 16.8 Å². The largest absolute Gasteiger partial charge is 0.491 e. The molecule has 1 aromatic carbocycles. The molecule has 1 unspecified atom stereocenters. The third kappa shape index (κ3) is 3.80. The van der Waals surface area contributed by atoms with Gasteiger partial charge in [-0.3, -0.25) is 0 Å². The van der Waals surface area contributed by atoms with E-state index in [4.69, 9.17) is 4.74 Å². The Bertz CT molecular complexity index is 339. The topological polar surface area (TPSA) is 21.3 Å². The van der Waals surface area contributed by atoms with E-state index in [1.165, 1.54) is 5.56 Å². The van der Waals surface area contributed by atoms with E-state index >= 15 is 0 Å². The molecule has 0 aliphatic carbocycles. The van der Waals surface area contributed by atoms with Gasteiger partial charge in [0.15, 0.2) is 0 Å². The van der Waals surface area contributed by atoms with Crippen LogP contribution in [0.4, 0.5) is 0 Å². The Morgan fingerprint density at radius 3 is 2.50 bits per heavy atom. The molecule has 0 spiro atoms. The average Bonchev–Trinajstić information content (AvgIpc) is 2.16. The predicted molar refractivity (Wildman–Crippen MR) is 72.0 cm³/mol. The van der Waals surface area contributed by atoms with Crippen molar-refractivity contribution >= 4 is 15.9 Å². The van der Waals surface area contributed by atoms with Gasteiger partial charge >= 0.3 is 0 Å². The average molecular weight is 286 g/mol. The van der Waals surface area contributed by atoms with Crippen molar-refractivity contribution in [1.29, 1.82) is 0 Å². The van der Waals surface area contributed by atoms with E-state index in [9.17, 15) is 0 Å². The van der Waals surface area contributed by atoms with E-state index in [0.29, 0.717) is 6.04 Å². The van der Waals surface area contributed by atoms with Gasteiger partial charge in [-0.25, -0.2) is 0 Å². The lowest BCUT2D eigenvalue weighted by molar-refractivity contribution is 0.242. The molecule has 1 rings (SSSR count). The first-order chi connectivity index (χ1) is 7.54. The Labute approximate surface area is 107 Å². The normalized spacial score (nSPS) is 12.9. The second kappa shape index (κ2) is 6.26. The van der Waals surface area contributed by atoms with Crippen LogP contribution in [0.5, 0.6) is 5.75 Å². The van der Waals surface area contributed by atoms with Gasteiger partial charge in [0, 0.05) is 10.5 Å². The summed E-state index contributed by atoms with van der Waals surface area (Å²) in [6.07, 6.45) is 0.212. The molecule has 0 bridgehead atoms. The standard InChI is InChI=1S/C13H20BrNO/c1-5-15-10(4)12-7-6-11(8-13(12)14)16-9(2)3/h6-10,15H,5H2,1-4H3. The summed E-state index contributed by atoms with van der Waals surface area (Å²) in [5, 5.41) is 3.39. The van der Waals surface area contributed by atoms with Crippen molar-refractivity contribution in [3.63, 3.8) is 0 Å². The molecule has 3 heteroatoms. The third-order valence-corrected chi connectivity index (χ3v) is 3.01. The summed E-state index contributed by atoms with van der Waals surface area (Å²) in [6, 6.07) is 6.51. The van der Waals surface area contributed by atoms with Crippen LogP contribution in [0.15, 0.2) is 22.7 Å². The first kappa shape index (κ1) is 13.5. The predicted octanol–water partition coefficient (Wildman–Crippen LogP) is 3.91. The van der Waals surface area contributed by atoms with Gasteiger partial charge in [0.25, 0.3) is 0 Å². The lowest BCUT2D eigenvalue weighted by Gasteiger charge is -2.16.